The molecule has 2 aromatic carbocycles. The van der Waals surface area contributed by atoms with Crippen molar-refractivity contribution in [3.05, 3.63) is 65.9 Å². The van der Waals surface area contributed by atoms with Gasteiger partial charge in [-0.05, 0) is 36.8 Å². The molecule has 5 nitrogen and oxygen atoms in total. The Hall–Kier alpha value is -2.93. The van der Waals surface area contributed by atoms with Gasteiger partial charge in [0.05, 0.1) is 26.0 Å². The minimum atomic E-state index is -0.872. The smallest absolute Gasteiger partial charge is 0.200 e. The Morgan fingerprint density at radius 3 is 2.86 bits per heavy atom. The van der Waals surface area contributed by atoms with Gasteiger partial charge >= 0.3 is 0 Å². The number of aromatic nitrogens is 2. The summed E-state index contributed by atoms with van der Waals surface area (Å²) >= 11 is 0. The molecule has 0 bridgehead atoms. The molecule has 3 aromatic rings. The molecule has 7 heteroatoms. The number of ether oxygens (including phenoxy) is 3. The summed E-state index contributed by atoms with van der Waals surface area (Å²) in [5.74, 6) is -0.568. The lowest BCUT2D eigenvalue weighted by Gasteiger charge is -2.17. The van der Waals surface area contributed by atoms with Crippen molar-refractivity contribution in [2.45, 2.75) is 25.7 Å². The number of rotatable bonds is 6. The zero-order valence-electron chi connectivity index (χ0n) is 15.4. The van der Waals surface area contributed by atoms with Gasteiger partial charge in [-0.1, -0.05) is 12.1 Å². The fourth-order valence-electron chi connectivity index (χ4n) is 3.25. The topological polar surface area (TPSA) is 45.5 Å². The monoisotopic (exact) mass is 386 g/mol. The van der Waals surface area contributed by atoms with Crippen LogP contribution >= 0.6 is 0 Å². The van der Waals surface area contributed by atoms with Gasteiger partial charge in [-0.2, -0.15) is 5.10 Å². The summed E-state index contributed by atoms with van der Waals surface area (Å²) in [6.45, 7) is 0.790. The maximum atomic E-state index is 14.1. The first-order valence-corrected chi connectivity index (χ1v) is 9.07. The highest BCUT2D eigenvalue weighted by Crippen LogP contribution is 2.34. The van der Waals surface area contributed by atoms with E-state index in [0.717, 1.165) is 30.2 Å². The van der Waals surface area contributed by atoms with Crippen LogP contribution in [0.2, 0.25) is 0 Å². The van der Waals surface area contributed by atoms with Crippen LogP contribution < -0.4 is 9.47 Å². The third kappa shape index (κ3) is 3.71. The van der Waals surface area contributed by atoms with Crippen molar-refractivity contribution in [2.24, 2.45) is 0 Å². The third-order valence-electron chi connectivity index (χ3n) is 4.67. The van der Waals surface area contributed by atoms with Crippen molar-refractivity contribution in [3.8, 4) is 22.8 Å². The third-order valence-corrected chi connectivity index (χ3v) is 4.67. The van der Waals surface area contributed by atoms with Crippen LogP contribution in [-0.2, 0) is 11.3 Å². The van der Waals surface area contributed by atoms with Gasteiger partial charge in [0.15, 0.2) is 29.4 Å². The average molecular weight is 386 g/mol. The quantitative estimate of drug-likeness (QED) is 0.630. The first kappa shape index (κ1) is 18.4. The lowest BCUT2D eigenvalue weighted by Crippen LogP contribution is -2.14. The number of halogens is 2. The Morgan fingerprint density at radius 2 is 2.07 bits per heavy atom. The minimum Gasteiger partial charge on any atom is -0.493 e. The van der Waals surface area contributed by atoms with E-state index in [1.807, 2.05) is 18.2 Å². The molecule has 4 rings (SSSR count). The highest BCUT2D eigenvalue weighted by Gasteiger charge is 2.20. The van der Waals surface area contributed by atoms with E-state index in [4.69, 9.17) is 14.2 Å². The molecule has 0 N–H and O–H groups in total. The van der Waals surface area contributed by atoms with E-state index in [1.54, 1.807) is 30.1 Å². The van der Waals surface area contributed by atoms with Crippen molar-refractivity contribution in [1.29, 1.82) is 0 Å². The first-order valence-electron chi connectivity index (χ1n) is 9.07. The van der Waals surface area contributed by atoms with Gasteiger partial charge in [0.1, 0.15) is 0 Å². The van der Waals surface area contributed by atoms with E-state index in [1.165, 1.54) is 6.07 Å². The summed E-state index contributed by atoms with van der Waals surface area (Å²) in [6.07, 6.45) is 3.11. The van der Waals surface area contributed by atoms with Crippen molar-refractivity contribution < 1.29 is 23.0 Å². The van der Waals surface area contributed by atoms with E-state index in [-0.39, 0.29) is 18.4 Å². The summed E-state index contributed by atoms with van der Waals surface area (Å²) in [5, 5.41) is 4.26. The van der Waals surface area contributed by atoms with E-state index < -0.39 is 11.6 Å². The van der Waals surface area contributed by atoms with Gasteiger partial charge in [-0.25, -0.2) is 8.78 Å². The van der Waals surface area contributed by atoms with Crippen LogP contribution in [0.5, 0.6) is 11.5 Å². The molecular weight excluding hydrogens is 366 g/mol. The van der Waals surface area contributed by atoms with E-state index >= 15 is 0 Å². The second kappa shape index (κ2) is 7.98. The maximum Gasteiger partial charge on any atom is 0.200 e. The summed E-state index contributed by atoms with van der Waals surface area (Å²) in [6, 6.07) is 11.5. The molecule has 146 valence electrons. The zero-order chi connectivity index (χ0) is 19.5. The molecule has 0 radical (unpaired) electrons. The average Bonchev–Trinajstić information content (AvgIpc) is 3.37. The predicted molar refractivity (Wildman–Crippen MR) is 99.3 cm³/mol. The summed E-state index contributed by atoms with van der Waals surface area (Å²) in [4.78, 5) is 0. The lowest BCUT2D eigenvalue weighted by atomic mass is 10.1. The highest BCUT2D eigenvalue weighted by molar-refractivity contribution is 5.64. The Balaban J connectivity index is 1.64. The molecule has 28 heavy (non-hydrogen) atoms. The second-order valence-electron chi connectivity index (χ2n) is 6.51. The highest BCUT2D eigenvalue weighted by atomic mass is 19.2. The lowest BCUT2D eigenvalue weighted by molar-refractivity contribution is -0.0402. The summed E-state index contributed by atoms with van der Waals surface area (Å²) < 4.78 is 46.1. The van der Waals surface area contributed by atoms with Crippen molar-refractivity contribution in [3.63, 3.8) is 0 Å². The molecule has 2 heterocycles. The molecule has 0 saturated carbocycles. The van der Waals surface area contributed by atoms with Gasteiger partial charge < -0.3 is 14.2 Å². The van der Waals surface area contributed by atoms with Gasteiger partial charge in [0, 0.05) is 23.7 Å². The molecule has 1 aliphatic rings. The largest absolute Gasteiger partial charge is 0.493 e. The van der Waals surface area contributed by atoms with Crippen LogP contribution in [-0.4, -0.2) is 29.8 Å². The first-order chi connectivity index (χ1) is 13.7. The van der Waals surface area contributed by atoms with E-state index in [9.17, 15) is 8.78 Å². The Kier molecular flexibility index (Phi) is 5.25. The summed E-state index contributed by atoms with van der Waals surface area (Å²) in [7, 11) is 1.58. The Labute approximate surface area is 161 Å². The predicted octanol–water partition coefficient (Wildman–Crippen LogP) is 4.40. The minimum absolute atomic E-state index is 0.111. The van der Waals surface area contributed by atoms with Crippen LogP contribution in [0.25, 0.3) is 11.3 Å². The normalized spacial score (nSPS) is 16.3. The van der Waals surface area contributed by atoms with Crippen molar-refractivity contribution >= 4 is 0 Å². The van der Waals surface area contributed by atoms with Crippen LogP contribution in [0.4, 0.5) is 8.78 Å². The Bertz CT molecular complexity index is 968. The van der Waals surface area contributed by atoms with Gasteiger partial charge in [0.2, 0.25) is 0 Å². The molecule has 1 aromatic heterocycles. The van der Waals surface area contributed by atoms with Gasteiger partial charge in [-0.15, -0.1) is 0 Å². The molecule has 1 aliphatic heterocycles. The Morgan fingerprint density at radius 1 is 1.18 bits per heavy atom. The fraction of sp³-hybridized carbons (Fsp3) is 0.286. The SMILES string of the molecule is COc1ccc(-c2ccnn2Cc2cccc(F)c2F)cc1OC1CCCO1. The molecule has 0 aliphatic carbocycles. The van der Waals surface area contributed by atoms with Gasteiger partial charge in [-0.3, -0.25) is 4.68 Å². The number of benzene rings is 2. The number of hydrogen-bond acceptors (Lipinski definition) is 4. The van der Waals surface area contributed by atoms with Crippen LogP contribution in [0, 0.1) is 11.6 Å². The van der Waals surface area contributed by atoms with Crippen LogP contribution in [0.3, 0.4) is 0 Å². The second-order valence-corrected chi connectivity index (χ2v) is 6.51. The van der Waals surface area contributed by atoms with Crippen LogP contribution in [0.15, 0.2) is 48.7 Å². The van der Waals surface area contributed by atoms with Crippen molar-refractivity contribution in [1.82, 2.24) is 9.78 Å². The standard InChI is InChI=1S/C21H20F2N2O3/c1-26-18-8-7-14(12-19(18)28-20-6-3-11-27-20)17-9-10-24-25(17)13-15-4-2-5-16(22)21(15)23/h2,4-5,7-10,12,20H,3,6,11,13H2,1H3. The van der Waals surface area contributed by atoms with Gasteiger partial charge in [0.25, 0.3) is 0 Å². The molecule has 1 unspecified atom stereocenters. The summed E-state index contributed by atoms with van der Waals surface area (Å²) in [5.41, 5.74) is 1.81. The van der Waals surface area contributed by atoms with Crippen molar-refractivity contribution in [2.75, 3.05) is 13.7 Å². The fourth-order valence-corrected chi connectivity index (χ4v) is 3.25. The number of hydrogen-bond donors (Lipinski definition) is 0. The molecule has 0 amide bonds. The molecule has 1 fully saturated rings. The van der Waals surface area contributed by atoms with Crippen LogP contribution in [0.1, 0.15) is 18.4 Å². The van der Waals surface area contributed by atoms with E-state index in [2.05, 4.69) is 5.10 Å². The molecule has 1 atom stereocenters. The number of nitrogens with zero attached hydrogens (tertiary/aromatic N) is 2. The molecular formula is C21H20F2N2O3. The molecule has 1 saturated heterocycles. The van der Waals surface area contributed by atoms with E-state index in [0.29, 0.717) is 18.1 Å². The maximum absolute atomic E-state index is 14.1. The number of methoxy groups -OCH3 is 1. The zero-order valence-corrected chi connectivity index (χ0v) is 15.4. The molecule has 0 spiro atoms.